The van der Waals surface area contributed by atoms with Gasteiger partial charge in [-0.15, -0.1) is 0 Å². The van der Waals surface area contributed by atoms with Gasteiger partial charge in [0, 0.05) is 25.8 Å². The molecular weight excluding hydrogens is 216 g/mol. The predicted molar refractivity (Wildman–Crippen MR) is 68.7 cm³/mol. The fraction of sp³-hybridized carbons (Fsp3) is 0.500. The first-order valence-electron chi connectivity index (χ1n) is 5.67. The van der Waals surface area contributed by atoms with Gasteiger partial charge >= 0.3 is 0 Å². The van der Waals surface area contributed by atoms with E-state index in [1.54, 1.807) is 11.9 Å². The maximum atomic E-state index is 10.8. The first-order valence-corrected chi connectivity index (χ1v) is 5.67. The van der Waals surface area contributed by atoms with E-state index < -0.39 is 0 Å². The Hall–Kier alpha value is -1.62. The molecule has 0 aromatic carbocycles. The number of carbonyl (C=O) groups is 1. The minimum Gasteiger partial charge on any atom is -0.368 e. The molecule has 0 spiro atoms. The lowest BCUT2D eigenvalue weighted by Gasteiger charge is -2.16. The van der Waals surface area contributed by atoms with Gasteiger partial charge in [-0.1, -0.05) is 19.9 Å². The summed E-state index contributed by atoms with van der Waals surface area (Å²) in [5.74, 6) is 0.386. The highest BCUT2D eigenvalue weighted by atomic mass is 16.1. The summed E-state index contributed by atoms with van der Waals surface area (Å²) in [7, 11) is 1.79. The van der Waals surface area contributed by atoms with Gasteiger partial charge in [-0.25, -0.2) is 4.98 Å². The number of hydrogen-bond donors (Lipinski definition) is 2. The molecule has 0 aliphatic carbocycles. The van der Waals surface area contributed by atoms with Crippen molar-refractivity contribution in [1.29, 1.82) is 0 Å². The number of nitrogens with one attached hydrogen (secondary N) is 1. The second-order valence-electron chi connectivity index (χ2n) is 4.38. The Kier molecular flexibility index (Phi) is 4.90. The lowest BCUT2D eigenvalue weighted by Crippen LogP contribution is -2.31. The first kappa shape index (κ1) is 13.4. The summed E-state index contributed by atoms with van der Waals surface area (Å²) in [5.41, 5.74) is 6.24. The van der Waals surface area contributed by atoms with Crippen LogP contribution in [0.1, 0.15) is 19.4 Å². The first-order chi connectivity index (χ1) is 7.99. The molecule has 1 rings (SSSR count). The lowest BCUT2D eigenvalue weighted by atomic mass is 10.2. The van der Waals surface area contributed by atoms with Crippen LogP contribution in [0.5, 0.6) is 0 Å². The zero-order valence-corrected chi connectivity index (χ0v) is 10.6. The molecule has 0 fully saturated rings. The largest absolute Gasteiger partial charge is 0.368 e. The average Bonchev–Trinajstić information content (AvgIpc) is 2.26. The topological polar surface area (TPSA) is 71.2 Å². The monoisotopic (exact) mass is 236 g/mol. The van der Waals surface area contributed by atoms with Crippen molar-refractivity contribution < 1.29 is 4.79 Å². The van der Waals surface area contributed by atoms with Crippen LogP contribution in [0, 0.1) is 0 Å². The highest BCUT2D eigenvalue weighted by Crippen LogP contribution is 2.09. The Morgan fingerprint density at radius 1 is 1.53 bits per heavy atom. The van der Waals surface area contributed by atoms with Crippen LogP contribution in [-0.4, -0.2) is 30.5 Å². The van der Waals surface area contributed by atoms with E-state index in [0.29, 0.717) is 6.04 Å². The number of anilines is 1. The average molecular weight is 236 g/mol. The minimum atomic E-state index is -0.361. The van der Waals surface area contributed by atoms with Gasteiger partial charge in [-0.3, -0.25) is 4.79 Å². The predicted octanol–water partition coefficient (Wildman–Crippen LogP) is 0.501. The molecule has 17 heavy (non-hydrogen) atoms. The van der Waals surface area contributed by atoms with Crippen molar-refractivity contribution in [3.8, 4) is 0 Å². The molecule has 0 aliphatic rings. The molecular formula is C12H20N4O. The van der Waals surface area contributed by atoms with Crippen molar-refractivity contribution in [2.24, 2.45) is 5.73 Å². The summed E-state index contributed by atoms with van der Waals surface area (Å²) in [6.07, 6.45) is 1.81. The van der Waals surface area contributed by atoms with Crippen molar-refractivity contribution in [3.05, 3.63) is 23.9 Å². The highest BCUT2D eigenvalue weighted by molar-refractivity contribution is 5.78. The Morgan fingerprint density at radius 2 is 2.24 bits per heavy atom. The highest BCUT2D eigenvalue weighted by Gasteiger charge is 2.05. The van der Waals surface area contributed by atoms with Crippen LogP contribution in [0.15, 0.2) is 18.3 Å². The van der Waals surface area contributed by atoms with Crippen LogP contribution in [0.4, 0.5) is 5.82 Å². The normalized spacial score (nSPS) is 10.6. The third-order valence-electron chi connectivity index (χ3n) is 2.31. The second-order valence-corrected chi connectivity index (χ2v) is 4.38. The quantitative estimate of drug-likeness (QED) is 0.754. The molecule has 0 saturated carbocycles. The molecule has 0 atom stereocenters. The van der Waals surface area contributed by atoms with Crippen molar-refractivity contribution in [3.63, 3.8) is 0 Å². The molecule has 0 saturated heterocycles. The van der Waals surface area contributed by atoms with Gasteiger partial charge in [-0.2, -0.15) is 0 Å². The third kappa shape index (κ3) is 4.82. The molecule has 0 unspecified atom stereocenters. The van der Waals surface area contributed by atoms with E-state index in [9.17, 15) is 4.79 Å². The number of rotatable bonds is 6. The Morgan fingerprint density at radius 3 is 2.71 bits per heavy atom. The molecule has 1 aromatic rings. The summed E-state index contributed by atoms with van der Waals surface area (Å²) in [6, 6.07) is 4.34. The minimum absolute atomic E-state index is 0.177. The SMILES string of the molecule is CC(C)NCc1ccc(N(C)CC(N)=O)nc1. The standard InChI is InChI=1S/C12H20N4O/c1-9(2)14-6-10-4-5-12(15-7-10)16(3)8-11(13)17/h4-5,7,9,14H,6,8H2,1-3H3,(H2,13,17). The van der Waals surface area contributed by atoms with E-state index in [2.05, 4.69) is 24.1 Å². The molecule has 0 radical (unpaired) electrons. The van der Waals surface area contributed by atoms with Crippen LogP contribution >= 0.6 is 0 Å². The Balaban J connectivity index is 2.58. The second kappa shape index (κ2) is 6.20. The summed E-state index contributed by atoms with van der Waals surface area (Å²) >= 11 is 0. The zero-order chi connectivity index (χ0) is 12.8. The van der Waals surface area contributed by atoms with Gasteiger partial charge in [0.05, 0.1) is 6.54 Å². The summed E-state index contributed by atoms with van der Waals surface area (Å²) in [5, 5.41) is 3.31. The van der Waals surface area contributed by atoms with Gasteiger partial charge in [0.25, 0.3) is 0 Å². The fourth-order valence-electron chi connectivity index (χ4n) is 1.38. The molecule has 5 heteroatoms. The van der Waals surface area contributed by atoms with E-state index in [0.717, 1.165) is 17.9 Å². The van der Waals surface area contributed by atoms with Crippen LogP contribution in [-0.2, 0) is 11.3 Å². The van der Waals surface area contributed by atoms with Crippen molar-refractivity contribution in [2.75, 3.05) is 18.5 Å². The Labute approximate surface area is 102 Å². The van der Waals surface area contributed by atoms with Crippen LogP contribution < -0.4 is 16.0 Å². The zero-order valence-electron chi connectivity index (χ0n) is 10.6. The number of aromatic nitrogens is 1. The molecule has 94 valence electrons. The number of amides is 1. The molecule has 5 nitrogen and oxygen atoms in total. The van der Waals surface area contributed by atoms with E-state index in [4.69, 9.17) is 5.73 Å². The van der Waals surface area contributed by atoms with E-state index in [1.165, 1.54) is 0 Å². The van der Waals surface area contributed by atoms with Gasteiger partial charge < -0.3 is 16.0 Å². The van der Waals surface area contributed by atoms with Crippen LogP contribution in [0.2, 0.25) is 0 Å². The van der Waals surface area contributed by atoms with Crippen molar-refractivity contribution >= 4 is 11.7 Å². The number of hydrogen-bond acceptors (Lipinski definition) is 4. The molecule has 0 aliphatic heterocycles. The third-order valence-corrected chi connectivity index (χ3v) is 2.31. The molecule has 1 amide bonds. The Bertz CT molecular complexity index is 361. The van der Waals surface area contributed by atoms with Gasteiger partial charge in [0.15, 0.2) is 0 Å². The van der Waals surface area contributed by atoms with Gasteiger partial charge in [-0.05, 0) is 11.6 Å². The number of carbonyl (C=O) groups excluding carboxylic acids is 1. The fourth-order valence-corrected chi connectivity index (χ4v) is 1.38. The number of likely N-dealkylation sites (N-methyl/N-ethyl adjacent to an activating group) is 1. The maximum Gasteiger partial charge on any atom is 0.236 e. The molecule has 0 bridgehead atoms. The van der Waals surface area contributed by atoms with Crippen LogP contribution in [0.25, 0.3) is 0 Å². The van der Waals surface area contributed by atoms with E-state index in [1.807, 2.05) is 18.3 Å². The van der Waals surface area contributed by atoms with Gasteiger partial charge in [0.2, 0.25) is 5.91 Å². The number of nitrogens with two attached hydrogens (primary N) is 1. The number of pyridine rings is 1. The number of primary amides is 1. The smallest absolute Gasteiger partial charge is 0.236 e. The summed E-state index contributed by atoms with van der Waals surface area (Å²) < 4.78 is 0. The lowest BCUT2D eigenvalue weighted by molar-refractivity contribution is -0.116. The summed E-state index contributed by atoms with van der Waals surface area (Å²) in [4.78, 5) is 16.8. The van der Waals surface area contributed by atoms with E-state index >= 15 is 0 Å². The van der Waals surface area contributed by atoms with Gasteiger partial charge in [0.1, 0.15) is 5.82 Å². The summed E-state index contributed by atoms with van der Waals surface area (Å²) in [6.45, 7) is 5.17. The van der Waals surface area contributed by atoms with E-state index in [-0.39, 0.29) is 12.5 Å². The molecule has 1 aromatic heterocycles. The molecule has 1 heterocycles. The molecule has 3 N–H and O–H groups in total. The number of nitrogens with zero attached hydrogens (tertiary/aromatic N) is 2. The van der Waals surface area contributed by atoms with Crippen LogP contribution in [0.3, 0.4) is 0 Å². The maximum absolute atomic E-state index is 10.8. The van der Waals surface area contributed by atoms with Crippen molar-refractivity contribution in [1.82, 2.24) is 10.3 Å². The van der Waals surface area contributed by atoms with Crippen molar-refractivity contribution in [2.45, 2.75) is 26.4 Å².